The van der Waals surface area contributed by atoms with Crippen molar-refractivity contribution in [1.82, 2.24) is 19.9 Å². The molecule has 0 saturated carbocycles. The maximum absolute atomic E-state index is 11.8. The minimum atomic E-state index is -3.31. The van der Waals surface area contributed by atoms with E-state index in [1.165, 1.54) is 6.26 Å². The van der Waals surface area contributed by atoms with Crippen molar-refractivity contribution in [3.8, 4) is 34.2 Å². The van der Waals surface area contributed by atoms with E-state index in [2.05, 4.69) is 19.9 Å². The van der Waals surface area contributed by atoms with E-state index in [9.17, 15) is 8.42 Å². The number of nitrogens with one attached hydrogen (secondary N) is 1. The van der Waals surface area contributed by atoms with Gasteiger partial charge in [0.25, 0.3) is 0 Å². The molecule has 0 saturated heterocycles. The highest BCUT2D eigenvalue weighted by atomic mass is 35.5. The smallest absolute Gasteiger partial charge is 0.196 e. The summed E-state index contributed by atoms with van der Waals surface area (Å²) in [7, 11) is -3.31. The summed E-state index contributed by atoms with van der Waals surface area (Å²) in [5, 5.41) is 0.913. The van der Waals surface area contributed by atoms with E-state index in [-0.39, 0.29) is 4.90 Å². The summed E-state index contributed by atoms with van der Waals surface area (Å²) >= 11 is 12.1. The van der Waals surface area contributed by atoms with Crippen LogP contribution < -0.4 is 0 Å². The Morgan fingerprint density at radius 2 is 1.63 bits per heavy atom. The van der Waals surface area contributed by atoms with Gasteiger partial charge in [-0.05, 0) is 37.3 Å². The van der Waals surface area contributed by atoms with Crippen LogP contribution in [-0.2, 0) is 9.84 Å². The molecule has 0 spiro atoms. The highest BCUT2D eigenvalue weighted by Gasteiger charge is 2.14. The van der Waals surface area contributed by atoms with Crippen molar-refractivity contribution in [2.75, 3.05) is 6.26 Å². The van der Waals surface area contributed by atoms with Gasteiger partial charge in [0.15, 0.2) is 21.5 Å². The quantitative estimate of drug-likeness (QED) is 0.452. The Hall–Kier alpha value is -2.74. The van der Waals surface area contributed by atoms with E-state index >= 15 is 0 Å². The minimum Gasteiger partial charge on any atom is -0.341 e. The van der Waals surface area contributed by atoms with Crippen molar-refractivity contribution in [1.29, 1.82) is 0 Å². The fourth-order valence-electron chi connectivity index (χ4n) is 2.95. The van der Waals surface area contributed by atoms with E-state index in [0.29, 0.717) is 38.6 Å². The molecule has 1 N–H and O–H groups in total. The number of H-pyrrole nitrogens is 1. The highest BCUT2D eigenvalue weighted by molar-refractivity contribution is 7.90. The molecule has 0 unspecified atom stereocenters. The van der Waals surface area contributed by atoms with Gasteiger partial charge in [0.05, 0.1) is 26.3 Å². The number of halogens is 2. The first-order chi connectivity index (χ1) is 14.2. The van der Waals surface area contributed by atoms with Gasteiger partial charge in [0, 0.05) is 29.3 Å². The molecular formula is C21H16Cl2N4O2S. The van der Waals surface area contributed by atoms with Crippen molar-refractivity contribution >= 4 is 33.0 Å². The summed E-state index contributed by atoms with van der Waals surface area (Å²) < 4.78 is 23.7. The van der Waals surface area contributed by atoms with Gasteiger partial charge in [-0.3, -0.25) is 0 Å². The SMILES string of the molecule is Cc1cc(-c2ccc(Cl)c(Cl)c2)nc(-c2nc(-c3cccc(S(C)(=O)=O)c3)c[nH]2)n1. The molecule has 0 bridgehead atoms. The zero-order valence-electron chi connectivity index (χ0n) is 16.0. The molecule has 0 aliphatic carbocycles. The molecule has 9 heteroatoms. The largest absolute Gasteiger partial charge is 0.341 e. The molecular weight excluding hydrogens is 443 g/mol. The molecule has 0 aliphatic heterocycles. The Kier molecular flexibility index (Phi) is 5.36. The van der Waals surface area contributed by atoms with Gasteiger partial charge in [0.2, 0.25) is 0 Å². The Morgan fingerprint density at radius 3 is 2.37 bits per heavy atom. The molecule has 0 atom stereocenters. The average molecular weight is 459 g/mol. The molecule has 0 aliphatic rings. The average Bonchev–Trinajstić information content (AvgIpc) is 3.19. The van der Waals surface area contributed by atoms with Crippen molar-refractivity contribution in [2.24, 2.45) is 0 Å². The van der Waals surface area contributed by atoms with Crippen molar-refractivity contribution < 1.29 is 8.42 Å². The number of aromatic amines is 1. The summed E-state index contributed by atoms with van der Waals surface area (Å²) in [5.74, 6) is 0.890. The lowest BCUT2D eigenvalue weighted by atomic mass is 10.1. The van der Waals surface area contributed by atoms with Crippen LogP contribution >= 0.6 is 23.2 Å². The number of nitrogens with zero attached hydrogens (tertiary/aromatic N) is 3. The van der Waals surface area contributed by atoms with Crippen LogP contribution in [0, 0.1) is 6.92 Å². The van der Waals surface area contributed by atoms with Gasteiger partial charge in [-0.2, -0.15) is 0 Å². The van der Waals surface area contributed by atoms with Crippen LogP contribution in [0.1, 0.15) is 5.69 Å². The number of rotatable bonds is 4. The molecule has 30 heavy (non-hydrogen) atoms. The molecule has 6 nitrogen and oxygen atoms in total. The third kappa shape index (κ3) is 4.23. The number of hydrogen-bond donors (Lipinski definition) is 1. The zero-order valence-corrected chi connectivity index (χ0v) is 18.3. The first-order valence-corrected chi connectivity index (χ1v) is 11.5. The zero-order chi connectivity index (χ0) is 21.5. The van der Waals surface area contributed by atoms with Crippen molar-refractivity contribution in [3.63, 3.8) is 0 Å². The van der Waals surface area contributed by atoms with Crippen LogP contribution in [0.4, 0.5) is 0 Å². The maximum atomic E-state index is 11.8. The Bertz CT molecular complexity index is 1370. The van der Waals surface area contributed by atoms with Crippen molar-refractivity contribution in [2.45, 2.75) is 11.8 Å². The normalized spacial score (nSPS) is 11.6. The Labute approximate surface area is 183 Å². The third-order valence-corrected chi connectivity index (χ3v) is 6.27. The first kappa shape index (κ1) is 20.5. The molecule has 2 aromatic carbocycles. The van der Waals surface area contributed by atoms with Crippen LogP contribution in [0.25, 0.3) is 34.2 Å². The van der Waals surface area contributed by atoms with Gasteiger partial charge >= 0.3 is 0 Å². The number of aromatic nitrogens is 4. The standard InChI is InChI=1S/C21H16Cl2N4O2S/c1-12-8-18(14-6-7-16(22)17(23)10-14)26-21(25-12)20-24-11-19(27-20)13-4-3-5-15(9-13)30(2,28)29/h3-11H,1-2H3,(H,24,27). The number of benzene rings is 2. The fraction of sp³-hybridized carbons (Fsp3) is 0.0952. The second kappa shape index (κ2) is 7.83. The van der Waals surface area contributed by atoms with Gasteiger partial charge in [0.1, 0.15) is 0 Å². The van der Waals surface area contributed by atoms with Gasteiger partial charge in [-0.25, -0.2) is 23.4 Å². The predicted octanol–water partition coefficient (Wildman–Crippen LogP) is 5.22. The van der Waals surface area contributed by atoms with E-state index in [4.69, 9.17) is 23.2 Å². The van der Waals surface area contributed by atoms with Gasteiger partial charge in [-0.15, -0.1) is 0 Å². The maximum Gasteiger partial charge on any atom is 0.196 e. The second-order valence-corrected chi connectivity index (χ2v) is 9.61. The summed E-state index contributed by atoms with van der Waals surface area (Å²) in [4.78, 5) is 16.9. The molecule has 0 fully saturated rings. The molecule has 152 valence electrons. The van der Waals surface area contributed by atoms with E-state index in [1.807, 2.05) is 19.1 Å². The predicted molar refractivity (Wildman–Crippen MR) is 118 cm³/mol. The lowest BCUT2D eigenvalue weighted by molar-refractivity contribution is 0.602. The van der Waals surface area contributed by atoms with Gasteiger partial charge in [-0.1, -0.05) is 41.4 Å². The van der Waals surface area contributed by atoms with E-state index < -0.39 is 9.84 Å². The lowest BCUT2D eigenvalue weighted by Gasteiger charge is -2.06. The fourth-order valence-corrected chi connectivity index (χ4v) is 3.91. The summed E-state index contributed by atoms with van der Waals surface area (Å²) in [6.45, 7) is 1.87. The highest BCUT2D eigenvalue weighted by Crippen LogP contribution is 2.29. The van der Waals surface area contributed by atoms with Crippen LogP contribution in [0.3, 0.4) is 0 Å². The van der Waals surface area contributed by atoms with E-state index in [1.54, 1.807) is 42.6 Å². The second-order valence-electron chi connectivity index (χ2n) is 6.78. The minimum absolute atomic E-state index is 0.234. The van der Waals surface area contributed by atoms with Crippen molar-refractivity contribution in [3.05, 3.63) is 70.5 Å². The molecule has 2 heterocycles. The molecule has 4 rings (SSSR count). The third-order valence-electron chi connectivity index (χ3n) is 4.42. The van der Waals surface area contributed by atoms with E-state index in [0.717, 1.165) is 11.3 Å². The summed E-state index contributed by atoms with van der Waals surface area (Å²) in [6, 6.07) is 13.8. The Balaban J connectivity index is 1.74. The number of hydrogen-bond acceptors (Lipinski definition) is 5. The molecule has 4 aromatic rings. The lowest BCUT2D eigenvalue weighted by Crippen LogP contribution is -1.97. The molecule has 0 amide bonds. The van der Waals surface area contributed by atoms with Crippen LogP contribution in [0.15, 0.2) is 59.6 Å². The monoisotopic (exact) mass is 458 g/mol. The topological polar surface area (TPSA) is 88.6 Å². The first-order valence-electron chi connectivity index (χ1n) is 8.88. The van der Waals surface area contributed by atoms with Crippen LogP contribution in [0.2, 0.25) is 10.0 Å². The van der Waals surface area contributed by atoms with Crippen LogP contribution in [0.5, 0.6) is 0 Å². The number of sulfone groups is 1. The number of aryl methyl sites for hydroxylation is 1. The molecule has 0 radical (unpaired) electrons. The van der Waals surface area contributed by atoms with Gasteiger partial charge < -0.3 is 4.98 Å². The summed E-state index contributed by atoms with van der Waals surface area (Å²) in [5.41, 5.74) is 3.53. The summed E-state index contributed by atoms with van der Waals surface area (Å²) in [6.07, 6.45) is 2.87. The van der Waals surface area contributed by atoms with Crippen LogP contribution in [-0.4, -0.2) is 34.6 Å². The number of imidazole rings is 1. The Morgan fingerprint density at radius 1 is 0.867 bits per heavy atom. The molecule has 2 aromatic heterocycles.